The summed E-state index contributed by atoms with van der Waals surface area (Å²) >= 11 is 13.1. The van der Waals surface area contributed by atoms with Crippen molar-refractivity contribution in [2.24, 2.45) is 11.8 Å². The SMILES string of the molecule is Cc1nc2c(F)c(-c3cccc(Cl)c3Cl)c(CCC#N)cc2c2c1cc([C@H]1C[C@H](OC3CCOC3)CN1C(=O)C1CC1)n2[C@H]1[C@H]2CN[C@@H]1C2. The molecule has 8 nitrogen and oxygen atoms in total. The topological polar surface area (TPSA) is 92.4 Å². The Balaban J connectivity index is 1.26. The molecule has 2 saturated carbocycles. The average Bonchev–Trinajstić information content (AvgIpc) is 3.59. The molecule has 1 unspecified atom stereocenters. The number of likely N-dealkylation sites (tertiary alicyclic amines) is 1. The Bertz CT molecular complexity index is 2040. The first-order valence-electron chi connectivity index (χ1n) is 17.6. The number of hydrogen-bond acceptors (Lipinski definition) is 6. The summed E-state index contributed by atoms with van der Waals surface area (Å²) in [6.45, 7) is 4.72. The molecule has 6 heterocycles. The first-order chi connectivity index (χ1) is 23.8. The summed E-state index contributed by atoms with van der Waals surface area (Å²) in [6, 6.07) is 12.0. The number of hydrogen-bond donors (Lipinski definition) is 1. The third kappa shape index (κ3) is 5.17. The number of benzene rings is 2. The number of rotatable bonds is 8. The second-order valence-electron chi connectivity index (χ2n) is 14.5. The number of aryl methyl sites for hydroxylation is 2. The zero-order valence-electron chi connectivity index (χ0n) is 27.4. The van der Waals surface area contributed by atoms with E-state index in [1.54, 1.807) is 18.2 Å². The maximum Gasteiger partial charge on any atom is 0.226 e. The number of nitrogens with one attached hydrogen (secondary N) is 1. The van der Waals surface area contributed by atoms with Gasteiger partial charge in [0, 0.05) is 77.8 Å². The molecule has 2 aromatic carbocycles. The normalized spacial score (nSPS) is 27.7. The van der Waals surface area contributed by atoms with Crippen LogP contribution in [0.5, 0.6) is 0 Å². The maximum absolute atomic E-state index is 17.1. The van der Waals surface area contributed by atoms with E-state index >= 15 is 4.39 Å². The van der Waals surface area contributed by atoms with E-state index in [2.05, 4.69) is 26.9 Å². The standard InChI is InChI=1S/C38H38Cl2FN5O3/c1-19-26-15-31(30-14-24(49-23-9-11-48-18-23)17-45(30)38(47)20-7-8-20)46(36-22-13-29(36)43-16-22)37(26)27-12-21(4-3-10-42)32(34(41)35(27)44-19)25-5-2-6-28(39)33(25)40/h2,5-6,12,15,20,22-24,29-30,36,43H,3-4,7-9,11,13-14,16-18H2,1H3/t22-,23?,24+,29-,30-,36+/m1/s1. The van der Waals surface area contributed by atoms with Gasteiger partial charge in [-0.1, -0.05) is 35.3 Å². The van der Waals surface area contributed by atoms with Crippen LogP contribution in [-0.2, 0) is 20.7 Å². The molecule has 10 rings (SSSR count). The van der Waals surface area contributed by atoms with E-state index in [1.807, 2.05) is 13.0 Å². The number of carbonyl (C=O) groups excluding carboxylic acids is 1. The van der Waals surface area contributed by atoms with Gasteiger partial charge in [0.25, 0.3) is 0 Å². The van der Waals surface area contributed by atoms with Gasteiger partial charge in [-0.15, -0.1) is 0 Å². The van der Waals surface area contributed by atoms with Crippen molar-refractivity contribution in [2.75, 3.05) is 26.3 Å². The molecule has 0 spiro atoms. The Kier molecular flexibility index (Phi) is 7.90. The molecule has 11 heteroatoms. The van der Waals surface area contributed by atoms with Crippen LogP contribution in [-0.4, -0.2) is 64.9 Å². The molecule has 4 saturated heterocycles. The summed E-state index contributed by atoms with van der Waals surface area (Å²) < 4.78 is 31.7. The van der Waals surface area contributed by atoms with Gasteiger partial charge in [0.05, 0.1) is 52.5 Å². The van der Waals surface area contributed by atoms with Gasteiger partial charge < -0.3 is 24.3 Å². The van der Waals surface area contributed by atoms with E-state index in [0.29, 0.717) is 71.7 Å². The lowest BCUT2D eigenvalue weighted by atomic mass is 9.79. The fourth-order valence-corrected chi connectivity index (χ4v) is 9.37. The summed E-state index contributed by atoms with van der Waals surface area (Å²) in [6.07, 6.45) is 5.05. The number of nitrogens with zero attached hydrogens (tertiary/aromatic N) is 4. The van der Waals surface area contributed by atoms with Gasteiger partial charge >= 0.3 is 0 Å². The molecule has 0 radical (unpaired) electrons. The predicted molar refractivity (Wildman–Crippen MR) is 186 cm³/mol. The lowest BCUT2D eigenvalue weighted by molar-refractivity contribution is -0.134. The molecule has 6 atom stereocenters. The summed E-state index contributed by atoms with van der Waals surface area (Å²) in [5, 5.41) is 15.5. The Morgan fingerprint density at radius 3 is 2.76 bits per heavy atom. The fraction of sp³-hybridized carbons (Fsp3) is 0.500. The summed E-state index contributed by atoms with van der Waals surface area (Å²) in [4.78, 5) is 20.9. The molecule has 2 aliphatic carbocycles. The fourth-order valence-electron chi connectivity index (χ4n) is 8.98. The van der Waals surface area contributed by atoms with Crippen molar-refractivity contribution in [2.45, 2.75) is 82.2 Å². The number of carbonyl (C=O) groups is 1. The van der Waals surface area contributed by atoms with Crippen molar-refractivity contribution in [3.05, 3.63) is 63.1 Å². The molecule has 49 heavy (non-hydrogen) atoms. The van der Waals surface area contributed by atoms with Crippen LogP contribution in [0.2, 0.25) is 10.0 Å². The van der Waals surface area contributed by atoms with Gasteiger partial charge in [-0.05, 0) is 68.7 Å². The molecule has 6 fully saturated rings. The summed E-state index contributed by atoms with van der Waals surface area (Å²) in [7, 11) is 0. The van der Waals surface area contributed by atoms with Gasteiger partial charge in [-0.2, -0.15) is 5.26 Å². The minimum Gasteiger partial charge on any atom is -0.379 e. The second kappa shape index (κ2) is 12.2. The molecule has 4 aliphatic heterocycles. The molecule has 1 N–H and O–H groups in total. The number of aromatic nitrogens is 2. The van der Waals surface area contributed by atoms with Crippen molar-refractivity contribution >= 4 is 50.9 Å². The zero-order chi connectivity index (χ0) is 33.6. The van der Waals surface area contributed by atoms with Crippen LogP contribution in [0.25, 0.3) is 32.9 Å². The lowest BCUT2D eigenvalue weighted by Gasteiger charge is -2.39. The third-order valence-electron chi connectivity index (χ3n) is 11.5. The lowest BCUT2D eigenvalue weighted by Crippen LogP contribution is -2.41. The quantitative estimate of drug-likeness (QED) is 0.205. The minimum atomic E-state index is -0.470. The van der Waals surface area contributed by atoms with Crippen molar-refractivity contribution in [1.29, 1.82) is 5.26 Å². The van der Waals surface area contributed by atoms with E-state index in [1.165, 1.54) is 0 Å². The number of nitriles is 1. The largest absolute Gasteiger partial charge is 0.379 e. The van der Waals surface area contributed by atoms with Gasteiger partial charge in [-0.3, -0.25) is 4.79 Å². The molecule has 254 valence electrons. The Labute approximate surface area is 294 Å². The van der Waals surface area contributed by atoms with Crippen molar-refractivity contribution in [3.63, 3.8) is 0 Å². The second-order valence-corrected chi connectivity index (χ2v) is 15.3. The highest BCUT2D eigenvalue weighted by molar-refractivity contribution is 6.43. The highest BCUT2D eigenvalue weighted by Crippen LogP contribution is 2.51. The van der Waals surface area contributed by atoms with Crippen LogP contribution in [0.4, 0.5) is 4.39 Å². The summed E-state index contributed by atoms with van der Waals surface area (Å²) in [5.41, 5.74) is 4.50. The number of halogens is 3. The van der Waals surface area contributed by atoms with Gasteiger partial charge in [0.15, 0.2) is 5.82 Å². The van der Waals surface area contributed by atoms with Crippen molar-refractivity contribution < 1.29 is 18.7 Å². The number of pyridine rings is 1. The molecular weight excluding hydrogens is 664 g/mol. The summed E-state index contributed by atoms with van der Waals surface area (Å²) in [5.74, 6) is 0.250. The number of amides is 1. The van der Waals surface area contributed by atoms with E-state index in [4.69, 9.17) is 37.7 Å². The average molecular weight is 703 g/mol. The van der Waals surface area contributed by atoms with Crippen LogP contribution in [0, 0.1) is 35.9 Å². The number of fused-ring (bicyclic) bond motifs is 4. The minimum absolute atomic E-state index is 0.0477. The van der Waals surface area contributed by atoms with E-state index in [-0.39, 0.29) is 53.1 Å². The van der Waals surface area contributed by atoms with Crippen molar-refractivity contribution in [1.82, 2.24) is 19.8 Å². The molecular formula is C38H38Cl2FN5O3. The smallest absolute Gasteiger partial charge is 0.226 e. The molecule has 6 aliphatic rings. The highest BCUT2D eigenvalue weighted by Gasteiger charge is 2.51. The maximum atomic E-state index is 17.1. The molecule has 2 bridgehead atoms. The highest BCUT2D eigenvalue weighted by atomic mass is 35.5. The van der Waals surface area contributed by atoms with Crippen molar-refractivity contribution in [3.8, 4) is 17.2 Å². The Hall–Kier alpha value is -3.26. The predicted octanol–water partition coefficient (Wildman–Crippen LogP) is 7.46. The Morgan fingerprint density at radius 2 is 2.04 bits per heavy atom. The van der Waals surface area contributed by atoms with Gasteiger partial charge in [0.1, 0.15) is 5.52 Å². The van der Waals surface area contributed by atoms with Crippen LogP contribution in [0.15, 0.2) is 30.3 Å². The van der Waals surface area contributed by atoms with Crippen LogP contribution >= 0.6 is 23.2 Å². The monoisotopic (exact) mass is 701 g/mol. The molecule has 4 aromatic rings. The van der Waals surface area contributed by atoms with Gasteiger partial charge in [-0.25, -0.2) is 9.37 Å². The number of ether oxygens (including phenoxy) is 2. The third-order valence-corrected chi connectivity index (χ3v) is 12.3. The first kappa shape index (κ1) is 31.7. The van der Waals surface area contributed by atoms with Crippen LogP contribution < -0.4 is 5.32 Å². The van der Waals surface area contributed by atoms with E-state index < -0.39 is 5.82 Å². The van der Waals surface area contributed by atoms with E-state index in [9.17, 15) is 10.1 Å². The Morgan fingerprint density at radius 1 is 1.18 bits per heavy atom. The van der Waals surface area contributed by atoms with E-state index in [0.717, 1.165) is 54.5 Å². The zero-order valence-corrected chi connectivity index (χ0v) is 28.9. The molecule has 2 aromatic heterocycles. The first-order valence-corrected chi connectivity index (χ1v) is 18.3. The van der Waals surface area contributed by atoms with Gasteiger partial charge in [0.2, 0.25) is 5.91 Å². The van der Waals surface area contributed by atoms with Crippen LogP contribution in [0.1, 0.15) is 67.6 Å². The van der Waals surface area contributed by atoms with Crippen LogP contribution in [0.3, 0.4) is 0 Å². The molecule has 1 amide bonds.